The third kappa shape index (κ3) is 5.48. The highest BCUT2D eigenvalue weighted by Crippen LogP contribution is 2.28. The minimum absolute atomic E-state index is 0.169. The molecule has 0 bridgehead atoms. The van der Waals surface area contributed by atoms with Crippen molar-refractivity contribution in [3.8, 4) is 11.5 Å². The molecule has 0 saturated heterocycles. The van der Waals surface area contributed by atoms with Crippen LogP contribution < -0.4 is 14.4 Å². The number of hydrogen-bond donors (Lipinski definition) is 0. The van der Waals surface area contributed by atoms with Gasteiger partial charge in [-0.1, -0.05) is 24.3 Å². The lowest BCUT2D eigenvalue weighted by Gasteiger charge is -2.21. The van der Waals surface area contributed by atoms with Crippen LogP contribution in [0.2, 0.25) is 0 Å². The van der Waals surface area contributed by atoms with Crippen molar-refractivity contribution in [2.24, 2.45) is 0 Å². The number of likely N-dealkylation sites (N-methyl/N-ethyl adjacent to an activating group) is 1. The van der Waals surface area contributed by atoms with Gasteiger partial charge in [-0.15, -0.1) is 0 Å². The van der Waals surface area contributed by atoms with E-state index in [1.54, 1.807) is 34.3 Å². The zero-order valence-electron chi connectivity index (χ0n) is 16.1. The molecule has 0 N–H and O–H groups in total. The number of hydrogen-bond acceptors (Lipinski definition) is 5. The van der Waals surface area contributed by atoms with Crippen LogP contribution in [-0.2, 0) is 20.7 Å². The van der Waals surface area contributed by atoms with E-state index >= 15 is 0 Å². The number of methoxy groups -OCH3 is 2. The fourth-order valence-electron chi connectivity index (χ4n) is 2.64. The molecule has 2 rings (SSSR count). The largest absolute Gasteiger partial charge is 0.493 e. The van der Waals surface area contributed by atoms with Gasteiger partial charge in [0.2, 0.25) is 0 Å². The minimum atomic E-state index is -0.854. The van der Waals surface area contributed by atoms with E-state index in [0.717, 1.165) is 11.3 Å². The number of anilines is 1. The lowest BCUT2D eigenvalue weighted by atomic mass is 10.1. The average molecular weight is 371 g/mol. The van der Waals surface area contributed by atoms with Crippen molar-refractivity contribution in [2.75, 3.05) is 26.2 Å². The van der Waals surface area contributed by atoms with Gasteiger partial charge in [-0.2, -0.15) is 0 Å². The van der Waals surface area contributed by atoms with Crippen LogP contribution in [0.4, 0.5) is 5.69 Å². The molecule has 2 aromatic carbocycles. The van der Waals surface area contributed by atoms with E-state index in [1.165, 1.54) is 4.90 Å². The van der Waals surface area contributed by atoms with Crippen LogP contribution in [0, 0.1) is 0 Å². The summed E-state index contributed by atoms with van der Waals surface area (Å²) < 4.78 is 15.7. The highest BCUT2D eigenvalue weighted by molar-refractivity contribution is 5.96. The molecule has 0 saturated carbocycles. The minimum Gasteiger partial charge on any atom is -0.493 e. The summed E-state index contributed by atoms with van der Waals surface area (Å²) in [6.07, 6.45) is -0.204. The van der Waals surface area contributed by atoms with Crippen LogP contribution in [0.25, 0.3) is 0 Å². The Morgan fingerprint density at radius 2 is 1.67 bits per heavy atom. The van der Waals surface area contributed by atoms with E-state index < -0.39 is 12.1 Å². The van der Waals surface area contributed by atoms with Gasteiger partial charge in [0.25, 0.3) is 5.91 Å². The standard InChI is InChI=1S/C21H25NO5/c1-15(21(24)22(2)17-8-6-5-7-9-17)27-20(23)13-11-16-10-12-18(25-3)19(14-16)26-4/h5-10,12,14-15H,11,13H2,1-4H3. The lowest BCUT2D eigenvalue weighted by molar-refractivity contribution is -0.153. The molecule has 6 heteroatoms. The SMILES string of the molecule is COc1ccc(CCC(=O)OC(C)C(=O)N(C)c2ccccc2)cc1OC. The molecule has 0 radical (unpaired) electrons. The summed E-state index contributed by atoms with van der Waals surface area (Å²) in [5.41, 5.74) is 1.67. The second-order valence-corrected chi connectivity index (χ2v) is 6.05. The molecule has 144 valence electrons. The van der Waals surface area contributed by atoms with Gasteiger partial charge in [0, 0.05) is 19.2 Å². The fraction of sp³-hybridized carbons (Fsp3) is 0.333. The van der Waals surface area contributed by atoms with Crippen molar-refractivity contribution in [3.05, 3.63) is 54.1 Å². The number of esters is 1. The number of para-hydroxylation sites is 1. The smallest absolute Gasteiger partial charge is 0.306 e. The molecule has 0 fully saturated rings. The average Bonchev–Trinajstić information content (AvgIpc) is 2.71. The first kappa shape index (κ1) is 20.3. The van der Waals surface area contributed by atoms with E-state index in [2.05, 4.69) is 0 Å². The van der Waals surface area contributed by atoms with Crippen molar-refractivity contribution < 1.29 is 23.8 Å². The Morgan fingerprint density at radius 1 is 1.00 bits per heavy atom. The van der Waals surface area contributed by atoms with Crippen molar-refractivity contribution in [3.63, 3.8) is 0 Å². The molecule has 0 spiro atoms. The molecular weight excluding hydrogens is 346 g/mol. The number of ether oxygens (including phenoxy) is 3. The third-order valence-electron chi connectivity index (χ3n) is 4.20. The lowest BCUT2D eigenvalue weighted by Crippen LogP contribution is -2.37. The topological polar surface area (TPSA) is 65.1 Å². The van der Waals surface area contributed by atoms with Crippen LogP contribution in [0.3, 0.4) is 0 Å². The maximum atomic E-state index is 12.4. The first-order valence-electron chi connectivity index (χ1n) is 8.69. The molecule has 1 amide bonds. The molecule has 1 atom stereocenters. The van der Waals surface area contributed by atoms with Crippen LogP contribution in [0.5, 0.6) is 11.5 Å². The van der Waals surface area contributed by atoms with Crippen LogP contribution in [0.15, 0.2) is 48.5 Å². The predicted molar refractivity (Wildman–Crippen MR) is 103 cm³/mol. The molecule has 1 unspecified atom stereocenters. The molecule has 2 aromatic rings. The Kier molecular flexibility index (Phi) is 7.23. The van der Waals surface area contributed by atoms with Crippen molar-refractivity contribution >= 4 is 17.6 Å². The molecule has 0 aromatic heterocycles. The fourth-order valence-corrected chi connectivity index (χ4v) is 2.64. The molecule has 6 nitrogen and oxygen atoms in total. The van der Waals surface area contributed by atoms with Gasteiger partial charge in [0.15, 0.2) is 17.6 Å². The van der Waals surface area contributed by atoms with Gasteiger partial charge in [0.05, 0.1) is 14.2 Å². The van der Waals surface area contributed by atoms with Gasteiger partial charge in [0.1, 0.15) is 0 Å². The van der Waals surface area contributed by atoms with E-state index in [1.807, 2.05) is 42.5 Å². The van der Waals surface area contributed by atoms with Gasteiger partial charge < -0.3 is 19.1 Å². The second-order valence-electron chi connectivity index (χ2n) is 6.05. The Labute approximate surface area is 159 Å². The summed E-state index contributed by atoms with van der Waals surface area (Å²) in [5.74, 6) is 0.538. The molecular formula is C21H25NO5. The Bertz CT molecular complexity index is 775. The molecule has 0 aliphatic rings. The quantitative estimate of drug-likeness (QED) is 0.667. The summed E-state index contributed by atoms with van der Waals surface area (Å²) in [6.45, 7) is 1.58. The van der Waals surface area contributed by atoms with Gasteiger partial charge in [-0.3, -0.25) is 9.59 Å². The number of benzene rings is 2. The molecule has 0 heterocycles. The first-order valence-corrected chi connectivity index (χ1v) is 8.69. The monoisotopic (exact) mass is 371 g/mol. The maximum absolute atomic E-state index is 12.4. The second kappa shape index (κ2) is 9.62. The maximum Gasteiger partial charge on any atom is 0.306 e. The summed E-state index contributed by atoms with van der Waals surface area (Å²) in [5, 5.41) is 0. The Hall–Kier alpha value is -3.02. The first-order chi connectivity index (χ1) is 13.0. The number of nitrogens with zero attached hydrogens (tertiary/aromatic N) is 1. The number of carbonyl (C=O) groups excluding carboxylic acids is 2. The Morgan fingerprint density at radius 3 is 2.30 bits per heavy atom. The number of amides is 1. The third-order valence-corrected chi connectivity index (χ3v) is 4.20. The van der Waals surface area contributed by atoms with E-state index in [-0.39, 0.29) is 12.3 Å². The van der Waals surface area contributed by atoms with Crippen molar-refractivity contribution in [1.82, 2.24) is 0 Å². The molecule has 0 aliphatic carbocycles. The summed E-state index contributed by atoms with van der Waals surface area (Å²) in [7, 11) is 4.79. The normalized spacial score (nSPS) is 11.4. The number of aryl methyl sites for hydroxylation is 1. The summed E-state index contributed by atoms with van der Waals surface area (Å²) in [6, 6.07) is 14.7. The zero-order valence-corrected chi connectivity index (χ0v) is 16.1. The van der Waals surface area contributed by atoms with E-state index in [0.29, 0.717) is 17.9 Å². The summed E-state index contributed by atoms with van der Waals surface area (Å²) >= 11 is 0. The summed E-state index contributed by atoms with van der Waals surface area (Å²) in [4.78, 5) is 26.0. The van der Waals surface area contributed by atoms with Gasteiger partial charge in [-0.05, 0) is 43.2 Å². The predicted octanol–water partition coefficient (Wildman–Crippen LogP) is 3.23. The molecule has 27 heavy (non-hydrogen) atoms. The van der Waals surface area contributed by atoms with Crippen LogP contribution >= 0.6 is 0 Å². The highest BCUT2D eigenvalue weighted by atomic mass is 16.5. The van der Waals surface area contributed by atoms with E-state index in [4.69, 9.17) is 14.2 Å². The van der Waals surface area contributed by atoms with E-state index in [9.17, 15) is 9.59 Å². The van der Waals surface area contributed by atoms with Crippen LogP contribution in [0.1, 0.15) is 18.9 Å². The van der Waals surface area contributed by atoms with Gasteiger partial charge >= 0.3 is 5.97 Å². The van der Waals surface area contributed by atoms with Crippen LogP contribution in [-0.4, -0.2) is 39.2 Å². The van der Waals surface area contributed by atoms with Gasteiger partial charge in [-0.25, -0.2) is 0 Å². The number of carbonyl (C=O) groups is 2. The number of rotatable bonds is 8. The van der Waals surface area contributed by atoms with Crippen molar-refractivity contribution in [1.29, 1.82) is 0 Å². The van der Waals surface area contributed by atoms with Crippen molar-refractivity contribution in [2.45, 2.75) is 25.9 Å². The Balaban J connectivity index is 1.88. The molecule has 0 aliphatic heterocycles. The highest BCUT2D eigenvalue weighted by Gasteiger charge is 2.22. The zero-order chi connectivity index (χ0) is 19.8.